The molecule has 1 atom stereocenters. The zero-order chi connectivity index (χ0) is 14.8. The van der Waals surface area contributed by atoms with E-state index in [2.05, 4.69) is 6.58 Å². The van der Waals surface area contributed by atoms with E-state index in [1.165, 1.54) is 0 Å². The van der Waals surface area contributed by atoms with Gasteiger partial charge in [-0.25, -0.2) is 4.79 Å². The average molecular weight is 284 g/mol. The van der Waals surface area contributed by atoms with E-state index in [1.54, 1.807) is 13.0 Å². The van der Waals surface area contributed by atoms with Crippen molar-refractivity contribution in [2.45, 2.75) is 13.0 Å². The number of hydrogen-bond donors (Lipinski definition) is 0. The molecule has 1 heterocycles. The highest BCUT2D eigenvalue weighted by Gasteiger charge is 2.23. The monoisotopic (exact) mass is 284 g/mol. The fourth-order valence-corrected chi connectivity index (χ4v) is 2.00. The molecule has 0 radical (unpaired) electrons. The summed E-state index contributed by atoms with van der Waals surface area (Å²) in [7, 11) is 0. The Bertz CT molecular complexity index is 701. The van der Waals surface area contributed by atoms with Crippen LogP contribution < -0.4 is 9.47 Å². The minimum atomic E-state index is -0.430. The fourth-order valence-electron chi connectivity index (χ4n) is 2.00. The molecule has 2 aromatic rings. The molecule has 0 amide bonds. The van der Waals surface area contributed by atoms with Gasteiger partial charge in [0.25, 0.3) is 0 Å². The van der Waals surface area contributed by atoms with E-state index in [0.717, 1.165) is 23.1 Å². The topological polar surface area (TPSA) is 48.1 Å². The number of carbonyl (C=O) groups is 1. The highest BCUT2D eigenvalue weighted by atomic mass is 16.6. The number of fused-ring (bicyclic) bond motifs is 1. The van der Waals surface area contributed by atoms with Gasteiger partial charge in [0, 0.05) is 16.3 Å². The lowest BCUT2D eigenvalue weighted by atomic mass is 10.1. The standard InChI is InChI=1S/C17H16O4/c1-11(2)17(18)21-16-8-4-5-13-14(16)6-3-7-15(13)20-10-12-9-19-12/h3-8,12H,1,9-10H2,2H3. The molecule has 3 rings (SSSR count). The second-order valence-electron chi connectivity index (χ2n) is 5.04. The minimum Gasteiger partial charge on any atom is -0.490 e. The number of ether oxygens (including phenoxy) is 3. The van der Waals surface area contributed by atoms with Crippen LogP contribution in [0.3, 0.4) is 0 Å². The summed E-state index contributed by atoms with van der Waals surface area (Å²) < 4.78 is 16.3. The summed E-state index contributed by atoms with van der Waals surface area (Å²) in [6, 6.07) is 11.2. The van der Waals surface area contributed by atoms with Crippen molar-refractivity contribution in [3.63, 3.8) is 0 Å². The van der Waals surface area contributed by atoms with Gasteiger partial charge in [0.05, 0.1) is 6.61 Å². The molecule has 0 saturated carbocycles. The van der Waals surface area contributed by atoms with Crippen molar-refractivity contribution in [1.29, 1.82) is 0 Å². The molecule has 0 N–H and O–H groups in total. The van der Waals surface area contributed by atoms with Crippen LogP contribution in [-0.4, -0.2) is 25.3 Å². The molecule has 1 fully saturated rings. The molecule has 0 aliphatic carbocycles. The maximum Gasteiger partial charge on any atom is 0.338 e. The van der Waals surface area contributed by atoms with Crippen molar-refractivity contribution >= 4 is 16.7 Å². The summed E-state index contributed by atoms with van der Waals surface area (Å²) in [5, 5.41) is 1.74. The van der Waals surface area contributed by atoms with Crippen LogP contribution in [0.25, 0.3) is 10.8 Å². The average Bonchev–Trinajstić information content (AvgIpc) is 3.29. The maximum atomic E-state index is 11.7. The number of carbonyl (C=O) groups excluding carboxylic acids is 1. The van der Waals surface area contributed by atoms with Gasteiger partial charge >= 0.3 is 5.97 Å². The van der Waals surface area contributed by atoms with Gasteiger partial charge in [-0.3, -0.25) is 0 Å². The third-order valence-electron chi connectivity index (χ3n) is 3.22. The number of rotatable bonds is 5. The number of hydrogen-bond acceptors (Lipinski definition) is 4. The Labute approximate surface area is 122 Å². The Morgan fingerprint density at radius 2 is 1.86 bits per heavy atom. The van der Waals surface area contributed by atoms with E-state index < -0.39 is 5.97 Å². The van der Waals surface area contributed by atoms with Crippen LogP contribution >= 0.6 is 0 Å². The third-order valence-corrected chi connectivity index (χ3v) is 3.22. The Balaban J connectivity index is 1.92. The highest BCUT2D eigenvalue weighted by Crippen LogP contribution is 2.32. The van der Waals surface area contributed by atoms with E-state index in [4.69, 9.17) is 14.2 Å². The zero-order valence-electron chi connectivity index (χ0n) is 11.8. The molecule has 2 aromatic carbocycles. The van der Waals surface area contributed by atoms with Crippen LogP contribution in [0, 0.1) is 0 Å². The first-order valence-electron chi connectivity index (χ1n) is 6.79. The molecular formula is C17H16O4. The molecular weight excluding hydrogens is 268 g/mol. The van der Waals surface area contributed by atoms with E-state index in [1.807, 2.05) is 30.3 Å². The van der Waals surface area contributed by atoms with Crippen LogP contribution in [-0.2, 0) is 9.53 Å². The molecule has 1 saturated heterocycles. The summed E-state index contributed by atoms with van der Waals surface area (Å²) >= 11 is 0. The van der Waals surface area contributed by atoms with Gasteiger partial charge < -0.3 is 14.2 Å². The van der Waals surface area contributed by atoms with Gasteiger partial charge in [0.1, 0.15) is 24.2 Å². The van der Waals surface area contributed by atoms with E-state index in [-0.39, 0.29) is 6.10 Å². The lowest BCUT2D eigenvalue weighted by Gasteiger charge is -2.11. The minimum absolute atomic E-state index is 0.199. The molecule has 1 aliphatic rings. The van der Waals surface area contributed by atoms with Crippen LogP contribution in [0.5, 0.6) is 11.5 Å². The number of esters is 1. The normalized spacial score (nSPS) is 16.5. The Morgan fingerprint density at radius 1 is 1.24 bits per heavy atom. The Morgan fingerprint density at radius 3 is 2.48 bits per heavy atom. The van der Waals surface area contributed by atoms with Crippen LogP contribution in [0.1, 0.15) is 6.92 Å². The molecule has 21 heavy (non-hydrogen) atoms. The first-order valence-corrected chi connectivity index (χ1v) is 6.79. The smallest absolute Gasteiger partial charge is 0.338 e. The van der Waals surface area contributed by atoms with Crippen molar-refractivity contribution in [2.75, 3.05) is 13.2 Å². The predicted octanol–water partition coefficient (Wildman–Crippen LogP) is 3.10. The lowest BCUT2D eigenvalue weighted by Crippen LogP contribution is -2.08. The second-order valence-corrected chi connectivity index (χ2v) is 5.04. The number of benzene rings is 2. The van der Waals surface area contributed by atoms with Crippen molar-refractivity contribution < 1.29 is 19.0 Å². The van der Waals surface area contributed by atoms with Crippen molar-refractivity contribution in [2.24, 2.45) is 0 Å². The summed E-state index contributed by atoms with van der Waals surface area (Å²) in [4.78, 5) is 11.7. The molecule has 4 nitrogen and oxygen atoms in total. The zero-order valence-corrected chi connectivity index (χ0v) is 11.8. The predicted molar refractivity (Wildman–Crippen MR) is 79.6 cm³/mol. The van der Waals surface area contributed by atoms with Crippen molar-refractivity contribution in [3.05, 3.63) is 48.6 Å². The molecule has 0 spiro atoms. The van der Waals surface area contributed by atoms with Crippen molar-refractivity contribution in [1.82, 2.24) is 0 Å². The largest absolute Gasteiger partial charge is 0.490 e. The third kappa shape index (κ3) is 3.06. The van der Waals surface area contributed by atoms with Crippen LogP contribution in [0.15, 0.2) is 48.6 Å². The van der Waals surface area contributed by atoms with Gasteiger partial charge in [-0.15, -0.1) is 0 Å². The summed E-state index contributed by atoms with van der Waals surface area (Å²) in [6.45, 7) is 6.51. The fraction of sp³-hybridized carbons (Fsp3) is 0.235. The SMILES string of the molecule is C=C(C)C(=O)Oc1cccc2c(OCC3CO3)cccc12. The van der Waals surface area contributed by atoms with Crippen LogP contribution in [0.4, 0.5) is 0 Å². The van der Waals surface area contributed by atoms with Gasteiger partial charge in [-0.1, -0.05) is 30.8 Å². The summed E-state index contributed by atoms with van der Waals surface area (Å²) in [5.74, 6) is 0.838. The molecule has 0 aromatic heterocycles. The first kappa shape index (κ1) is 13.6. The second kappa shape index (κ2) is 5.58. The molecule has 0 bridgehead atoms. The highest BCUT2D eigenvalue weighted by molar-refractivity contribution is 5.96. The molecule has 1 unspecified atom stereocenters. The molecule has 4 heteroatoms. The lowest BCUT2D eigenvalue weighted by molar-refractivity contribution is -0.129. The molecule has 1 aliphatic heterocycles. The van der Waals surface area contributed by atoms with E-state index >= 15 is 0 Å². The van der Waals surface area contributed by atoms with Crippen LogP contribution in [0.2, 0.25) is 0 Å². The van der Waals surface area contributed by atoms with Gasteiger partial charge in [-0.05, 0) is 19.1 Å². The Kier molecular flexibility index (Phi) is 3.62. The number of epoxide rings is 1. The Hall–Kier alpha value is -2.33. The van der Waals surface area contributed by atoms with E-state index in [0.29, 0.717) is 17.9 Å². The van der Waals surface area contributed by atoms with Gasteiger partial charge in [0.15, 0.2) is 0 Å². The van der Waals surface area contributed by atoms with Gasteiger partial charge in [0.2, 0.25) is 0 Å². The summed E-state index contributed by atoms with van der Waals surface area (Å²) in [6.07, 6.45) is 0.199. The summed E-state index contributed by atoms with van der Waals surface area (Å²) in [5.41, 5.74) is 0.366. The first-order chi connectivity index (χ1) is 10.1. The van der Waals surface area contributed by atoms with E-state index in [9.17, 15) is 4.79 Å². The van der Waals surface area contributed by atoms with Gasteiger partial charge in [-0.2, -0.15) is 0 Å². The van der Waals surface area contributed by atoms with Crippen molar-refractivity contribution in [3.8, 4) is 11.5 Å². The molecule has 108 valence electrons. The quantitative estimate of drug-likeness (QED) is 0.366. The maximum absolute atomic E-state index is 11.7.